The normalized spacial score (nSPS) is 11.6. The van der Waals surface area contributed by atoms with Crippen LogP contribution in [0.2, 0.25) is 5.02 Å². The van der Waals surface area contributed by atoms with E-state index >= 15 is 0 Å². The molecule has 0 heterocycles. The van der Waals surface area contributed by atoms with Crippen LogP contribution >= 0.6 is 11.6 Å². The molecule has 3 nitrogen and oxygen atoms in total. The third-order valence-electron chi connectivity index (χ3n) is 2.42. The quantitative estimate of drug-likeness (QED) is 0.876. The lowest BCUT2D eigenvalue weighted by molar-refractivity contribution is -0.119. The molecule has 84 valence electrons. The maximum Gasteiger partial charge on any atom is 0.227 e. The molecule has 1 N–H and O–H groups in total. The average Bonchev–Trinajstić information content (AvgIpc) is 2.28. The minimum atomic E-state index is -0.0960. The van der Waals surface area contributed by atoms with Gasteiger partial charge in [0.1, 0.15) is 6.07 Å². The lowest BCUT2D eigenvalue weighted by Crippen LogP contribution is -2.20. The fourth-order valence-electron chi connectivity index (χ4n) is 1.16. The smallest absolute Gasteiger partial charge is 0.227 e. The third kappa shape index (κ3) is 2.98. The first-order chi connectivity index (χ1) is 7.58. The number of anilines is 1. The lowest BCUT2D eigenvalue weighted by Gasteiger charge is -2.11. The second-order valence-electron chi connectivity index (χ2n) is 3.60. The molecule has 0 spiro atoms. The van der Waals surface area contributed by atoms with Crippen molar-refractivity contribution in [2.24, 2.45) is 5.92 Å². The Kier molecular flexibility index (Phi) is 4.33. The Bertz CT molecular complexity index is 437. The Balaban J connectivity index is 2.92. The maximum atomic E-state index is 11.7. The molecular formula is C12H13ClN2O. The molecule has 0 aromatic heterocycles. The van der Waals surface area contributed by atoms with Crippen LogP contribution in [0.4, 0.5) is 5.69 Å². The first kappa shape index (κ1) is 12.5. The fraction of sp³-hybridized carbons (Fsp3) is 0.333. The number of hydrogen-bond donors (Lipinski definition) is 1. The zero-order valence-electron chi connectivity index (χ0n) is 9.25. The van der Waals surface area contributed by atoms with Gasteiger partial charge in [0.05, 0.1) is 11.3 Å². The number of nitrogens with one attached hydrogen (secondary N) is 1. The minimum Gasteiger partial charge on any atom is -0.325 e. The van der Waals surface area contributed by atoms with Gasteiger partial charge >= 0.3 is 0 Å². The van der Waals surface area contributed by atoms with Gasteiger partial charge in [0.15, 0.2) is 0 Å². The van der Waals surface area contributed by atoms with Gasteiger partial charge < -0.3 is 5.32 Å². The summed E-state index contributed by atoms with van der Waals surface area (Å²) in [6, 6.07) is 6.81. The number of nitriles is 1. The van der Waals surface area contributed by atoms with E-state index < -0.39 is 0 Å². The van der Waals surface area contributed by atoms with Crippen molar-refractivity contribution < 1.29 is 4.79 Å². The minimum absolute atomic E-state index is 0.0782. The summed E-state index contributed by atoms with van der Waals surface area (Å²) in [6.45, 7) is 3.78. The molecule has 16 heavy (non-hydrogen) atoms. The molecule has 0 saturated heterocycles. The summed E-state index contributed by atoms with van der Waals surface area (Å²) in [4.78, 5) is 11.7. The summed E-state index contributed by atoms with van der Waals surface area (Å²) >= 11 is 5.81. The SMILES string of the molecule is CCC(C)C(=O)Nc1cc(Cl)ccc1C#N. The summed E-state index contributed by atoms with van der Waals surface area (Å²) < 4.78 is 0. The van der Waals surface area contributed by atoms with Crippen molar-refractivity contribution in [1.82, 2.24) is 0 Å². The molecule has 0 aliphatic heterocycles. The van der Waals surface area contributed by atoms with E-state index in [-0.39, 0.29) is 11.8 Å². The molecule has 1 aromatic rings. The second kappa shape index (κ2) is 5.53. The van der Waals surface area contributed by atoms with Gasteiger partial charge in [0.2, 0.25) is 5.91 Å². The molecule has 1 aromatic carbocycles. The number of nitrogens with zero attached hydrogens (tertiary/aromatic N) is 1. The van der Waals surface area contributed by atoms with Crippen LogP contribution in [0.25, 0.3) is 0 Å². The van der Waals surface area contributed by atoms with Gasteiger partial charge in [0, 0.05) is 10.9 Å². The Morgan fingerprint density at radius 1 is 1.62 bits per heavy atom. The first-order valence-corrected chi connectivity index (χ1v) is 5.46. The van der Waals surface area contributed by atoms with Crippen molar-refractivity contribution >= 4 is 23.2 Å². The van der Waals surface area contributed by atoms with E-state index in [0.29, 0.717) is 16.3 Å². The molecule has 0 fully saturated rings. The molecule has 0 aliphatic rings. The van der Waals surface area contributed by atoms with Crippen molar-refractivity contribution in [3.8, 4) is 6.07 Å². The highest BCUT2D eigenvalue weighted by Gasteiger charge is 2.12. The monoisotopic (exact) mass is 236 g/mol. The number of hydrogen-bond acceptors (Lipinski definition) is 2. The molecule has 4 heteroatoms. The zero-order chi connectivity index (χ0) is 12.1. The number of halogens is 1. The number of rotatable bonds is 3. The van der Waals surface area contributed by atoms with Crippen molar-refractivity contribution in [1.29, 1.82) is 5.26 Å². The topological polar surface area (TPSA) is 52.9 Å². The highest BCUT2D eigenvalue weighted by Crippen LogP contribution is 2.21. The molecule has 1 rings (SSSR count). The van der Waals surface area contributed by atoms with Gasteiger partial charge in [-0.3, -0.25) is 4.79 Å². The average molecular weight is 237 g/mol. The van der Waals surface area contributed by atoms with Gasteiger partial charge in [-0.25, -0.2) is 0 Å². The maximum absolute atomic E-state index is 11.7. The van der Waals surface area contributed by atoms with E-state index in [1.807, 2.05) is 19.9 Å². The number of carbonyl (C=O) groups is 1. The van der Waals surface area contributed by atoms with Crippen LogP contribution < -0.4 is 5.32 Å². The van der Waals surface area contributed by atoms with E-state index in [0.717, 1.165) is 6.42 Å². The zero-order valence-corrected chi connectivity index (χ0v) is 10.0. The van der Waals surface area contributed by atoms with Crippen molar-refractivity contribution in [2.75, 3.05) is 5.32 Å². The van der Waals surface area contributed by atoms with Gasteiger partial charge in [-0.1, -0.05) is 25.4 Å². The van der Waals surface area contributed by atoms with E-state index in [1.54, 1.807) is 18.2 Å². The summed E-state index contributed by atoms with van der Waals surface area (Å²) in [5.41, 5.74) is 0.890. The molecule has 0 aliphatic carbocycles. The summed E-state index contributed by atoms with van der Waals surface area (Å²) in [5.74, 6) is -0.174. The highest BCUT2D eigenvalue weighted by molar-refractivity contribution is 6.31. The van der Waals surface area contributed by atoms with E-state index in [9.17, 15) is 4.79 Å². The Morgan fingerprint density at radius 3 is 2.88 bits per heavy atom. The summed E-state index contributed by atoms with van der Waals surface area (Å²) in [7, 11) is 0. The van der Waals surface area contributed by atoms with Crippen LogP contribution in [0.3, 0.4) is 0 Å². The largest absolute Gasteiger partial charge is 0.325 e. The molecule has 1 unspecified atom stereocenters. The van der Waals surface area contributed by atoms with Crippen LogP contribution in [0.5, 0.6) is 0 Å². The molecule has 0 bridgehead atoms. The lowest BCUT2D eigenvalue weighted by atomic mass is 10.1. The standard InChI is InChI=1S/C12H13ClN2O/c1-3-8(2)12(16)15-11-6-10(13)5-4-9(11)7-14/h4-6,8H,3H2,1-2H3,(H,15,16). The highest BCUT2D eigenvalue weighted by atomic mass is 35.5. The van der Waals surface area contributed by atoms with E-state index in [1.165, 1.54) is 0 Å². The molecule has 1 amide bonds. The number of carbonyl (C=O) groups excluding carboxylic acids is 1. The summed E-state index contributed by atoms with van der Waals surface area (Å²) in [5, 5.41) is 12.1. The van der Waals surface area contributed by atoms with E-state index in [4.69, 9.17) is 16.9 Å². The third-order valence-corrected chi connectivity index (χ3v) is 2.65. The fourth-order valence-corrected chi connectivity index (χ4v) is 1.33. The predicted octanol–water partition coefficient (Wildman–Crippen LogP) is 3.20. The second-order valence-corrected chi connectivity index (χ2v) is 4.04. The Hall–Kier alpha value is -1.53. The Labute approximate surface area is 100 Å². The van der Waals surface area contributed by atoms with Gasteiger partial charge in [-0.2, -0.15) is 5.26 Å². The van der Waals surface area contributed by atoms with Gasteiger partial charge in [-0.15, -0.1) is 0 Å². The predicted molar refractivity (Wildman–Crippen MR) is 64.3 cm³/mol. The van der Waals surface area contributed by atoms with Crippen molar-refractivity contribution in [2.45, 2.75) is 20.3 Å². The summed E-state index contributed by atoms with van der Waals surface area (Å²) in [6.07, 6.45) is 0.758. The Morgan fingerprint density at radius 2 is 2.31 bits per heavy atom. The van der Waals surface area contributed by atoms with Crippen LogP contribution in [-0.2, 0) is 4.79 Å². The molecule has 0 saturated carbocycles. The first-order valence-electron chi connectivity index (χ1n) is 5.09. The van der Waals surface area contributed by atoms with Gasteiger partial charge in [-0.05, 0) is 24.6 Å². The van der Waals surface area contributed by atoms with E-state index in [2.05, 4.69) is 5.32 Å². The van der Waals surface area contributed by atoms with Crippen LogP contribution in [0.15, 0.2) is 18.2 Å². The van der Waals surface area contributed by atoms with Crippen LogP contribution in [0, 0.1) is 17.2 Å². The molecule has 0 radical (unpaired) electrons. The van der Waals surface area contributed by atoms with Gasteiger partial charge in [0.25, 0.3) is 0 Å². The van der Waals surface area contributed by atoms with Crippen LogP contribution in [-0.4, -0.2) is 5.91 Å². The molecular weight excluding hydrogens is 224 g/mol. The van der Waals surface area contributed by atoms with Crippen molar-refractivity contribution in [3.05, 3.63) is 28.8 Å². The van der Waals surface area contributed by atoms with Crippen LogP contribution in [0.1, 0.15) is 25.8 Å². The molecule has 1 atom stereocenters. The number of amides is 1. The number of benzene rings is 1. The van der Waals surface area contributed by atoms with Crippen molar-refractivity contribution in [3.63, 3.8) is 0 Å².